The fourth-order valence-electron chi connectivity index (χ4n) is 2.00. The molecule has 0 fully saturated rings. The minimum Gasteiger partial charge on any atom is -0.483 e. The third kappa shape index (κ3) is 4.71. The second-order valence-corrected chi connectivity index (χ2v) is 5.72. The van der Waals surface area contributed by atoms with E-state index in [9.17, 15) is 9.59 Å². The first-order chi connectivity index (χ1) is 11.0. The molecule has 2 aromatic rings. The molecule has 120 valence electrons. The van der Waals surface area contributed by atoms with E-state index in [1.165, 1.54) is 0 Å². The lowest BCUT2D eigenvalue weighted by Crippen LogP contribution is -2.31. The highest BCUT2D eigenvalue weighted by Gasteiger charge is 2.12. The van der Waals surface area contributed by atoms with E-state index < -0.39 is 0 Å². The Hall–Kier alpha value is -2.04. The first-order valence-electron chi connectivity index (χ1n) is 6.92. The van der Waals surface area contributed by atoms with E-state index in [2.05, 4.69) is 5.32 Å². The van der Waals surface area contributed by atoms with Crippen molar-refractivity contribution < 1.29 is 14.3 Å². The average molecular weight is 352 g/mol. The summed E-state index contributed by atoms with van der Waals surface area (Å²) in [4.78, 5) is 22.9. The molecule has 0 aliphatic carbocycles. The molecule has 2 rings (SSSR count). The Morgan fingerprint density at radius 1 is 1.22 bits per heavy atom. The quantitative estimate of drug-likeness (QED) is 0.798. The molecule has 0 saturated carbocycles. The molecule has 0 radical (unpaired) electrons. The van der Waals surface area contributed by atoms with Gasteiger partial charge in [-0.1, -0.05) is 41.4 Å². The fraction of sp³-hybridized carbons (Fsp3) is 0.176. The summed E-state index contributed by atoms with van der Waals surface area (Å²) in [6.07, 6.45) is 0.686. The van der Waals surface area contributed by atoms with Crippen LogP contribution in [0.3, 0.4) is 0 Å². The molecule has 1 N–H and O–H groups in total. The first kappa shape index (κ1) is 17.3. The molecule has 6 heteroatoms. The van der Waals surface area contributed by atoms with Gasteiger partial charge in [-0.2, -0.15) is 0 Å². The number of rotatable bonds is 6. The maximum Gasteiger partial charge on any atom is 0.258 e. The average Bonchev–Trinajstić information content (AvgIpc) is 2.55. The van der Waals surface area contributed by atoms with Crippen molar-refractivity contribution in [2.45, 2.75) is 13.0 Å². The zero-order chi connectivity index (χ0) is 16.8. The summed E-state index contributed by atoms with van der Waals surface area (Å²) < 4.78 is 5.38. The van der Waals surface area contributed by atoms with Gasteiger partial charge in [0.1, 0.15) is 5.75 Å². The van der Waals surface area contributed by atoms with Crippen molar-refractivity contribution in [1.82, 2.24) is 5.32 Å². The van der Waals surface area contributed by atoms with Gasteiger partial charge in [0.15, 0.2) is 12.9 Å². The minimum atomic E-state index is -0.302. The summed E-state index contributed by atoms with van der Waals surface area (Å²) in [7, 11) is 0. The van der Waals surface area contributed by atoms with Gasteiger partial charge in [-0.15, -0.1) is 0 Å². The lowest BCUT2D eigenvalue weighted by molar-refractivity contribution is -0.123. The summed E-state index contributed by atoms with van der Waals surface area (Å²) in [5, 5.41) is 3.69. The van der Waals surface area contributed by atoms with Gasteiger partial charge in [0.25, 0.3) is 5.91 Å². The number of benzene rings is 2. The molecule has 0 heterocycles. The molecular formula is C17H15Cl2NO3. The Labute approximate surface area is 144 Å². The van der Waals surface area contributed by atoms with Crippen LogP contribution in [0.5, 0.6) is 5.75 Å². The number of ether oxygens (including phenoxy) is 1. The van der Waals surface area contributed by atoms with Crippen LogP contribution in [0.4, 0.5) is 0 Å². The SMILES string of the molecule is C[C@@H](NC(=O)COc1ccccc1C=O)c1ccc(Cl)c(Cl)c1. The predicted octanol–water partition coefficient (Wildman–Crippen LogP) is 4.06. The van der Waals surface area contributed by atoms with Crippen molar-refractivity contribution in [3.8, 4) is 5.75 Å². The fourth-order valence-corrected chi connectivity index (χ4v) is 2.31. The van der Waals surface area contributed by atoms with E-state index in [1.54, 1.807) is 42.5 Å². The van der Waals surface area contributed by atoms with Crippen molar-refractivity contribution >= 4 is 35.4 Å². The number of halogens is 2. The van der Waals surface area contributed by atoms with Crippen molar-refractivity contribution in [1.29, 1.82) is 0 Å². The van der Waals surface area contributed by atoms with Gasteiger partial charge in [-0.3, -0.25) is 9.59 Å². The maximum atomic E-state index is 12.0. The zero-order valence-electron chi connectivity index (χ0n) is 12.4. The number of carbonyl (C=O) groups excluding carboxylic acids is 2. The summed E-state index contributed by atoms with van der Waals surface area (Å²) in [6, 6.07) is 11.7. The topological polar surface area (TPSA) is 55.4 Å². The van der Waals surface area contributed by atoms with Gasteiger partial charge in [0, 0.05) is 0 Å². The largest absolute Gasteiger partial charge is 0.483 e. The molecular weight excluding hydrogens is 337 g/mol. The Kier molecular flexibility index (Phi) is 6.02. The van der Waals surface area contributed by atoms with E-state index in [0.29, 0.717) is 27.6 Å². The maximum absolute atomic E-state index is 12.0. The number of nitrogens with one attached hydrogen (secondary N) is 1. The monoisotopic (exact) mass is 351 g/mol. The van der Waals surface area contributed by atoms with Crippen LogP contribution in [0.15, 0.2) is 42.5 Å². The van der Waals surface area contributed by atoms with Crippen molar-refractivity contribution in [2.75, 3.05) is 6.61 Å². The molecule has 0 unspecified atom stereocenters. The van der Waals surface area contributed by atoms with Crippen LogP contribution in [-0.2, 0) is 4.79 Å². The molecule has 23 heavy (non-hydrogen) atoms. The van der Waals surface area contributed by atoms with E-state index in [0.717, 1.165) is 5.56 Å². The lowest BCUT2D eigenvalue weighted by Gasteiger charge is -2.15. The Morgan fingerprint density at radius 2 is 1.96 bits per heavy atom. The van der Waals surface area contributed by atoms with Gasteiger partial charge in [0.2, 0.25) is 0 Å². The normalized spacial score (nSPS) is 11.6. The van der Waals surface area contributed by atoms with Gasteiger partial charge < -0.3 is 10.1 Å². The third-order valence-corrected chi connectivity index (χ3v) is 3.96. The standard InChI is InChI=1S/C17H15Cl2NO3/c1-11(12-6-7-14(18)15(19)8-12)20-17(22)10-23-16-5-3-2-4-13(16)9-21/h2-9,11H,10H2,1H3,(H,20,22)/t11-/m1/s1. The highest BCUT2D eigenvalue weighted by atomic mass is 35.5. The highest BCUT2D eigenvalue weighted by Crippen LogP contribution is 2.25. The number of carbonyl (C=O) groups is 2. The molecule has 1 atom stereocenters. The van der Waals surface area contributed by atoms with E-state index in [1.807, 2.05) is 6.92 Å². The van der Waals surface area contributed by atoms with Crippen LogP contribution >= 0.6 is 23.2 Å². The molecule has 0 saturated heterocycles. The first-order valence-corrected chi connectivity index (χ1v) is 7.68. The summed E-state index contributed by atoms with van der Waals surface area (Å²) in [6.45, 7) is 1.65. The second kappa shape index (κ2) is 7.99. The molecule has 1 amide bonds. The zero-order valence-corrected chi connectivity index (χ0v) is 13.9. The van der Waals surface area contributed by atoms with Crippen molar-refractivity contribution in [2.24, 2.45) is 0 Å². The Bertz CT molecular complexity index is 719. The van der Waals surface area contributed by atoms with Crippen molar-refractivity contribution in [3.63, 3.8) is 0 Å². The Balaban J connectivity index is 1.93. The molecule has 0 aliphatic heterocycles. The second-order valence-electron chi connectivity index (χ2n) is 4.91. The molecule has 0 aromatic heterocycles. The summed E-state index contributed by atoms with van der Waals surface area (Å²) in [5.74, 6) is 0.0733. The number of hydrogen-bond donors (Lipinski definition) is 1. The minimum absolute atomic E-state index is 0.184. The van der Waals surface area contributed by atoms with Gasteiger partial charge in [-0.25, -0.2) is 0 Å². The van der Waals surface area contributed by atoms with Gasteiger partial charge >= 0.3 is 0 Å². The molecule has 0 spiro atoms. The number of aldehydes is 1. The van der Waals surface area contributed by atoms with E-state index in [-0.39, 0.29) is 18.6 Å². The molecule has 2 aromatic carbocycles. The number of hydrogen-bond acceptors (Lipinski definition) is 3. The van der Waals surface area contributed by atoms with Gasteiger partial charge in [-0.05, 0) is 36.8 Å². The molecule has 4 nitrogen and oxygen atoms in total. The molecule has 0 bridgehead atoms. The van der Waals surface area contributed by atoms with Crippen molar-refractivity contribution in [3.05, 3.63) is 63.6 Å². The van der Waals surface area contributed by atoms with Crippen LogP contribution in [0.25, 0.3) is 0 Å². The highest BCUT2D eigenvalue weighted by molar-refractivity contribution is 6.42. The van der Waals surface area contributed by atoms with E-state index >= 15 is 0 Å². The van der Waals surface area contributed by atoms with Crippen LogP contribution < -0.4 is 10.1 Å². The van der Waals surface area contributed by atoms with E-state index in [4.69, 9.17) is 27.9 Å². The molecule has 0 aliphatic rings. The van der Waals surface area contributed by atoms with Crippen LogP contribution in [0, 0.1) is 0 Å². The van der Waals surface area contributed by atoms with Gasteiger partial charge in [0.05, 0.1) is 21.7 Å². The number of amides is 1. The third-order valence-electron chi connectivity index (χ3n) is 3.23. The lowest BCUT2D eigenvalue weighted by atomic mass is 10.1. The van der Waals surface area contributed by atoms with Crippen LogP contribution in [0.2, 0.25) is 10.0 Å². The predicted molar refractivity (Wildman–Crippen MR) is 90.3 cm³/mol. The smallest absolute Gasteiger partial charge is 0.258 e. The van der Waals surface area contributed by atoms with Crippen LogP contribution in [-0.4, -0.2) is 18.8 Å². The number of para-hydroxylation sites is 1. The summed E-state index contributed by atoms with van der Waals surface area (Å²) >= 11 is 11.8. The van der Waals surface area contributed by atoms with Crippen LogP contribution in [0.1, 0.15) is 28.9 Å². The Morgan fingerprint density at radius 3 is 2.65 bits per heavy atom. The summed E-state index contributed by atoms with van der Waals surface area (Å²) in [5.41, 5.74) is 1.24.